The minimum Gasteiger partial charge on any atom is -0.330 e. The molecule has 2 aromatic carbocycles. The van der Waals surface area contributed by atoms with Crippen molar-refractivity contribution in [3.63, 3.8) is 0 Å². The van der Waals surface area contributed by atoms with E-state index in [0.717, 1.165) is 22.6 Å². The molecule has 0 aliphatic rings. The fraction of sp³-hybridized carbons (Fsp3) is 0.188. The van der Waals surface area contributed by atoms with Crippen LogP contribution in [0.15, 0.2) is 53.4 Å². The van der Waals surface area contributed by atoms with Crippen LogP contribution in [0.25, 0.3) is 0 Å². The number of nitrogens with two attached hydrogens (primary N) is 1. The third-order valence-corrected chi connectivity index (χ3v) is 3.70. The summed E-state index contributed by atoms with van der Waals surface area (Å²) >= 11 is 1.65. The molecule has 3 nitrogen and oxygen atoms in total. The van der Waals surface area contributed by atoms with Crippen molar-refractivity contribution in [2.75, 3.05) is 18.1 Å². The fourth-order valence-electron chi connectivity index (χ4n) is 1.89. The van der Waals surface area contributed by atoms with Crippen LogP contribution >= 0.6 is 11.8 Å². The molecule has 0 unspecified atom stereocenters. The van der Waals surface area contributed by atoms with Crippen molar-refractivity contribution in [1.82, 2.24) is 0 Å². The standard InChI is InChI=1S/C16H18N2OS/c1-20-15-4-2-3-14(11-15)18-16(19)13-7-5-12(6-8-13)9-10-17/h2-8,11H,9-10,17H2,1H3,(H,18,19). The van der Waals surface area contributed by atoms with Gasteiger partial charge in [-0.25, -0.2) is 0 Å². The van der Waals surface area contributed by atoms with Gasteiger partial charge in [-0.15, -0.1) is 11.8 Å². The Morgan fingerprint density at radius 3 is 2.60 bits per heavy atom. The quantitative estimate of drug-likeness (QED) is 0.830. The molecule has 0 radical (unpaired) electrons. The monoisotopic (exact) mass is 286 g/mol. The van der Waals surface area contributed by atoms with Gasteiger partial charge in [0.15, 0.2) is 0 Å². The second-order valence-corrected chi connectivity index (χ2v) is 5.30. The Balaban J connectivity index is 2.07. The zero-order valence-corrected chi connectivity index (χ0v) is 12.2. The van der Waals surface area contributed by atoms with E-state index in [1.54, 1.807) is 11.8 Å². The van der Waals surface area contributed by atoms with Crippen LogP contribution in [-0.2, 0) is 6.42 Å². The molecule has 0 bridgehead atoms. The summed E-state index contributed by atoms with van der Waals surface area (Å²) in [6.45, 7) is 0.618. The highest BCUT2D eigenvalue weighted by Crippen LogP contribution is 2.19. The number of thioether (sulfide) groups is 1. The Kier molecular flexibility index (Phi) is 5.21. The number of carbonyl (C=O) groups excluding carboxylic acids is 1. The maximum absolute atomic E-state index is 12.1. The SMILES string of the molecule is CSc1cccc(NC(=O)c2ccc(CCN)cc2)c1. The zero-order chi connectivity index (χ0) is 14.4. The van der Waals surface area contributed by atoms with Gasteiger partial charge in [0, 0.05) is 16.1 Å². The van der Waals surface area contributed by atoms with Gasteiger partial charge in [-0.05, 0) is 55.1 Å². The van der Waals surface area contributed by atoms with Gasteiger partial charge in [-0.1, -0.05) is 18.2 Å². The van der Waals surface area contributed by atoms with Gasteiger partial charge in [0.25, 0.3) is 5.91 Å². The summed E-state index contributed by atoms with van der Waals surface area (Å²) in [5.41, 5.74) is 8.12. The number of hydrogen-bond acceptors (Lipinski definition) is 3. The van der Waals surface area contributed by atoms with Crippen LogP contribution in [0.4, 0.5) is 5.69 Å². The fourth-order valence-corrected chi connectivity index (χ4v) is 2.35. The summed E-state index contributed by atoms with van der Waals surface area (Å²) in [4.78, 5) is 13.3. The molecule has 0 heterocycles. The van der Waals surface area contributed by atoms with Gasteiger partial charge in [0.1, 0.15) is 0 Å². The van der Waals surface area contributed by atoms with Gasteiger partial charge >= 0.3 is 0 Å². The van der Waals surface area contributed by atoms with Crippen molar-refractivity contribution in [2.45, 2.75) is 11.3 Å². The normalized spacial score (nSPS) is 10.3. The van der Waals surface area contributed by atoms with E-state index in [4.69, 9.17) is 5.73 Å². The van der Waals surface area contributed by atoms with Crippen LogP contribution in [0.2, 0.25) is 0 Å². The average Bonchev–Trinajstić information content (AvgIpc) is 2.48. The van der Waals surface area contributed by atoms with E-state index in [0.29, 0.717) is 12.1 Å². The summed E-state index contributed by atoms with van der Waals surface area (Å²) < 4.78 is 0. The lowest BCUT2D eigenvalue weighted by Gasteiger charge is -2.07. The summed E-state index contributed by atoms with van der Waals surface area (Å²) in [7, 11) is 0. The maximum Gasteiger partial charge on any atom is 0.255 e. The lowest BCUT2D eigenvalue weighted by Crippen LogP contribution is -2.12. The zero-order valence-electron chi connectivity index (χ0n) is 11.4. The Hall–Kier alpha value is -1.78. The molecule has 0 fully saturated rings. The molecule has 0 atom stereocenters. The minimum absolute atomic E-state index is 0.0949. The topological polar surface area (TPSA) is 55.1 Å². The van der Waals surface area contributed by atoms with E-state index in [1.807, 2.05) is 54.8 Å². The van der Waals surface area contributed by atoms with Crippen molar-refractivity contribution in [2.24, 2.45) is 5.73 Å². The molecule has 104 valence electrons. The Labute approximate surface area is 123 Å². The van der Waals surface area contributed by atoms with Crippen molar-refractivity contribution in [1.29, 1.82) is 0 Å². The van der Waals surface area contributed by atoms with Crippen LogP contribution in [0.1, 0.15) is 15.9 Å². The van der Waals surface area contributed by atoms with Crippen LogP contribution in [0.3, 0.4) is 0 Å². The minimum atomic E-state index is -0.0949. The molecule has 1 amide bonds. The van der Waals surface area contributed by atoms with E-state index < -0.39 is 0 Å². The predicted octanol–water partition coefficient (Wildman–Crippen LogP) is 3.16. The van der Waals surface area contributed by atoms with Crippen molar-refractivity contribution in [3.05, 3.63) is 59.7 Å². The Morgan fingerprint density at radius 2 is 1.95 bits per heavy atom. The molecule has 2 aromatic rings. The van der Waals surface area contributed by atoms with Crippen LogP contribution in [-0.4, -0.2) is 18.7 Å². The van der Waals surface area contributed by atoms with E-state index in [-0.39, 0.29) is 5.91 Å². The van der Waals surface area contributed by atoms with Gasteiger partial charge < -0.3 is 11.1 Å². The maximum atomic E-state index is 12.1. The lowest BCUT2D eigenvalue weighted by atomic mass is 10.1. The molecule has 0 aromatic heterocycles. The first-order valence-corrected chi connectivity index (χ1v) is 7.70. The third-order valence-electron chi connectivity index (χ3n) is 2.98. The Bertz CT molecular complexity index is 581. The Morgan fingerprint density at radius 1 is 1.20 bits per heavy atom. The first-order valence-electron chi connectivity index (χ1n) is 6.47. The van der Waals surface area contributed by atoms with E-state index in [9.17, 15) is 4.79 Å². The number of anilines is 1. The predicted molar refractivity (Wildman–Crippen MR) is 85.4 cm³/mol. The molecule has 20 heavy (non-hydrogen) atoms. The highest BCUT2D eigenvalue weighted by Gasteiger charge is 2.06. The molecule has 4 heteroatoms. The number of carbonyl (C=O) groups is 1. The van der Waals surface area contributed by atoms with Gasteiger partial charge in [0.05, 0.1) is 0 Å². The number of hydrogen-bond donors (Lipinski definition) is 2. The van der Waals surface area contributed by atoms with Crippen LogP contribution < -0.4 is 11.1 Å². The largest absolute Gasteiger partial charge is 0.330 e. The molecular weight excluding hydrogens is 268 g/mol. The first-order chi connectivity index (χ1) is 9.72. The number of rotatable bonds is 5. The lowest BCUT2D eigenvalue weighted by molar-refractivity contribution is 0.102. The molecule has 0 saturated heterocycles. The summed E-state index contributed by atoms with van der Waals surface area (Å²) in [6, 6.07) is 15.4. The molecule has 0 spiro atoms. The third kappa shape index (κ3) is 3.85. The molecular formula is C16H18N2OS. The van der Waals surface area contributed by atoms with Gasteiger partial charge in [-0.2, -0.15) is 0 Å². The molecule has 3 N–H and O–H groups in total. The van der Waals surface area contributed by atoms with Gasteiger partial charge in [-0.3, -0.25) is 4.79 Å². The van der Waals surface area contributed by atoms with Gasteiger partial charge in [0.2, 0.25) is 0 Å². The summed E-state index contributed by atoms with van der Waals surface area (Å²) in [5.74, 6) is -0.0949. The highest BCUT2D eigenvalue weighted by molar-refractivity contribution is 7.98. The summed E-state index contributed by atoms with van der Waals surface area (Å²) in [6.07, 6.45) is 2.84. The average molecular weight is 286 g/mol. The smallest absolute Gasteiger partial charge is 0.255 e. The van der Waals surface area contributed by atoms with E-state index >= 15 is 0 Å². The van der Waals surface area contributed by atoms with Crippen LogP contribution in [0.5, 0.6) is 0 Å². The molecule has 0 saturated carbocycles. The molecule has 0 aliphatic carbocycles. The van der Waals surface area contributed by atoms with Crippen molar-refractivity contribution < 1.29 is 4.79 Å². The van der Waals surface area contributed by atoms with Crippen molar-refractivity contribution >= 4 is 23.4 Å². The second-order valence-electron chi connectivity index (χ2n) is 4.42. The second kappa shape index (κ2) is 7.12. The molecule has 2 rings (SSSR count). The number of benzene rings is 2. The summed E-state index contributed by atoms with van der Waals surface area (Å²) in [5, 5.41) is 2.91. The van der Waals surface area contributed by atoms with Crippen LogP contribution in [0, 0.1) is 0 Å². The van der Waals surface area contributed by atoms with E-state index in [2.05, 4.69) is 5.32 Å². The van der Waals surface area contributed by atoms with E-state index in [1.165, 1.54) is 0 Å². The first kappa shape index (κ1) is 14.6. The molecule has 0 aliphatic heterocycles. The number of amides is 1. The van der Waals surface area contributed by atoms with Crippen molar-refractivity contribution in [3.8, 4) is 0 Å². The number of nitrogens with one attached hydrogen (secondary N) is 1. The highest BCUT2D eigenvalue weighted by atomic mass is 32.2.